The van der Waals surface area contributed by atoms with E-state index in [0.29, 0.717) is 0 Å². The summed E-state index contributed by atoms with van der Waals surface area (Å²) in [6, 6.07) is 0. The Balaban J connectivity index is 2.68. The van der Waals surface area contributed by atoms with Crippen LogP contribution in [0.15, 0.2) is 12.2 Å². The number of rotatable bonds is 5. The Bertz CT molecular complexity index is 289. The van der Waals surface area contributed by atoms with Crippen molar-refractivity contribution in [2.75, 3.05) is 13.7 Å². The molecule has 1 rings (SSSR count). The first-order valence-corrected chi connectivity index (χ1v) is 4.93. The summed E-state index contributed by atoms with van der Waals surface area (Å²) in [6.07, 6.45) is 2.74. The molecule has 0 saturated heterocycles. The zero-order chi connectivity index (χ0) is 12.2. The van der Waals surface area contributed by atoms with Crippen LogP contribution in [-0.2, 0) is 23.9 Å². The average Bonchev–Trinajstić information content (AvgIpc) is 2.58. The number of hydrogen-bond donors (Lipinski definition) is 1. The van der Waals surface area contributed by atoms with Gasteiger partial charge in [0.15, 0.2) is 5.79 Å². The normalized spacial score (nSPS) is 33.0. The molecule has 0 radical (unpaired) electrons. The minimum Gasteiger partial charge on any atom is -0.466 e. The number of carbonyl (C=O) groups excluding carboxylic acids is 1. The molecular weight excluding hydrogens is 216 g/mol. The standard InChI is InChI=1S/C10H16O6/c1-4-14-8(11)7-10(16-12)6-5-9(2,13-3)15-10/h5-6,12H,4,7H2,1-3H3/t9-,10+/m1/s1. The highest BCUT2D eigenvalue weighted by atomic mass is 17.2. The van der Waals surface area contributed by atoms with Crippen molar-refractivity contribution in [1.82, 2.24) is 0 Å². The van der Waals surface area contributed by atoms with Gasteiger partial charge >= 0.3 is 5.97 Å². The third-order valence-electron chi connectivity index (χ3n) is 2.27. The molecule has 0 amide bonds. The second kappa shape index (κ2) is 4.92. The predicted octanol–water partition coefficient (Wildman–Crippen LogP) is 1.07. The molecule has 0 spiro atoms. The SMILES string of the molecule is CCOC(=O)C[C@@]1(OO)C=C[C@](C)(OC)O1. The largest absolute Gasteiger partial charge is 0.466 e. The fraction of sp³-hybridized carbons (Fsp3) is 0.700. The molecule has 1 aliphatic rings. The van der Waals surface area contributed by atoms with Gasteiger partial charge < -0.3 is 14.2 Å². The van der Waals surface area contributed by atoms with Crippen LogP contribution in [0.5, 0.6) is 0 Å². The zero-order valence-corrected chi connectivity index (χ0v) is 9.56. The van der Waals surface area contributed by atoms with E-state index in [1.54, 1.807) is 19.9 Å². The molecule has 0 saturated carbocycles. The van der Waals surface area contributed by atoms with Gasteiger partial charge in [-0.2, -0.15) is 4.89 Å². The van der Waals surface area contributed by atoms with E-state index < -0.39 is 17.5 Å². The lowest BCUT2D eigenvalue weighted by molar-refractivity contribution is -0.411. The lowest BCUT2D eigenvalue weighted by atomic mass is 10.2. The van der Waals surface area contributed by atoms with E-state index in [0.717, 1.165) is 0 Å². The molecule has 16 heavy (non-hydrogen) atoms. The molecule has 1 N–H and O–H groups in total. The topological polar surface area (TPSA) is 74.2 Å². The van der Waals surface area contributed by atoms with Crippen LogP contribution in [0.1, 0.15) is 20.3 Å². The van der Waals surface area contributed by atoms with Crippen LogP contribution < -0.4 is 0 Å². The minimum absolute atomic E-state index is 0.243. The van der Waals surface area contributed by atoms with Gasteiger partial charge in [-0.15, -0.1) is 0 Å². The van der Waals surface area contributed by atoms with Crippen molar-refractivity contribution >= 4 is 5.97 Å². The molecule has 6 nitrogen and oxygen atoms in total. The van der Waals surface area contributed by atoms with Crippen LogP contribution in [0.2, 0.25) is 0 Å². The first-order valence-electron chi connectivity index (χ1n) is 4.93. The Morgan fingerprint density at radius 2 is 2.19 bits per heavy atom. The first-order chi connectivity index (χ1) is 7.49. The Kier molecular flexibility index (Phi) is 4.03. The fourth-order valence-corrected chi connectivity index (χ4v) is 1.39. The van der Waals surface area contributed by atoms with E-state index in [1.165, 1.54) is 13.2 Å². The van der Waals surface area contributed by atoms with Gasteiger partial charge in [0.2, 0.25) is 5.79 Å². The highest BCUT2D eigenvalue weighted by Crippen LogP contribution is 2.34. The molecule has 92 valence electrons. The Hall–Kier alpha value is -0.950. The fourth-order valence-electron chi connectivity index (χ4n) is 1.39. The second-order valence-corrected chi connectivity index (χ2v) is 3.54. The number of ether oxygens (including phenoxy) is 3. The van der Waals surface area contributed by atoms with Crippen molar-refractivity contribution in [3.05, 3.63) is 12.2 Å². The third-order valence-corrected chi connectivity index (χ3v) is 2.27. The molecule has 0 fully saturated rings. The van der Waals surface area contributed by atoms with Crippen molar-refractivity contribution in [3.63, 3.8) is 0 Å². The third kappa shape index (κ3) is 2.79. The highest BCUT2D eigenvalue weighted by Gasteiger charge is 2.46. The molecule has 0 aromatic carbocycles. The van der Waals surface area contributed by atoms with Crippen molar-refractivity contribution in [3.8, 4) is 0 Å². The molecule has 0 bridgehead atoms. The Morgan fingerprint density at radius 1 is 1.50 bits per heavy atom. The lowest BCUT2D eigenvalue weighted by Crippen LogP contribution is -2.39. The van der Waals surface area contributed by atoms with Gasteiger partial charge in [-0.05, 0) is 26.0 Å². The van der Waals surface area contributed by atoms with Crippen molar-refractivity contribution in [1.29, 1.82) is 0 Å². The maximum Gasteiger partial charge on any atom is 0.311 e. The average molecular weight is 232 g/mol. The second-order valence-electron chi connectivity index (χ2n) is 3.54. The van der Waals surface area contributed by atoms with Crippen LogP contribution in [0.25, 0.3) is 0 Å². The molecular formula is C10H16O6. The van der Waals surface area contributed by atoms with Crippen LogP contribution in [0, 0.1) is 0 Å². The van der Waals surface area contributed by atoms with E-state index in [-0.39, 0.29) is 13.0 Å². The summed E-state index contributed by atoms with van der Waals surface area (Å²) in [7, 11) is 1.45. The molecule has 0 unspecified atom stereocenters. The molecule has 2 atom stereocenters. The summed E-state index contributed by atoms with van der Waals surface area (Å²) in [6.45, 7) is 3.58. The van der Waals surface area contributed by atoms with E-state index in [2.05, 4.69) is 4.89 Å². The molecule has 0 aromatic rings. The summed E-state index contributed by atoms with van der Waals surface area (Å²) in [5.74, 6) is -3.08. The molecule has 0 aliphatic carbocycles. The van der Waals surface area contributed by atoms with Gasteiger partial charge in [0.05, 0.1) is 6.61 Å². The number of esters is 1. The molecule has 6 heteroatoms. The molecule has 1 heterocycles. The maximum atomic E-state index is 11.3. The van der Waals surface area contributed by atoms with E-state index in [1.807, 2.05) is 0 Å². The number of methoxy groups -OCH3 is 1. The predicted molar refractivity (Wildman–Crippen MR) is 53.3 cm³/mol. The summed E-state index contributed by atoms with van der Waals surface area (Å²) in [5, 5.41) is 8.82. The van der Waals surface area contributed by atoms with Gasteiger partial charge in [0.25, 0.3) is 0 Å². The number of carbonyl (C=O) groups is 1. The molecule has 1 aliphatic heterocycles. The van der Waals surface area contributed by atoms with Gasteiger partial charge in [0.1, 0.15) is 6.42 Å². The lowest BCUT2D eigenvalue weighted by Gasteiger charge is -2.28. The van der Waals surface area contributed by atoms with Crippen LogP contribution in [0.3, 0.4) is 0 Å². The van der Waals surface area contributed by atoms with E-state index in [9.17, 15) is 4.79 Å². The Morgan fingerprint density at radius 3 is 2.62 bits per heavy atom. The summed E-state index contributed by atoms with van der Waals surface area (Å²) >= 11 is 0. The van der Waals surface area contributed by atoms with Gasteiger partial charge in [-0.3, -0.25) is 4.79 Å². The van der Waals surface area contributed by atoms with Crippen molar-refractivity contribution < 1.29 is 29.1 Å². The van der Waals surface area contributed by atoms with Gasteiger partial charge in [0, 0.05) is 7.11 Å². The van der Waals surface area contributed by atoms with E-state index >= 15 is 0 Å². The Labute approximate surface area is 93.7 Å². The van der Waals surface area contributed by atoms with Crippen LogP contribution in [0.4, 0.5) is 0 Å². The molecule has 0 aromatic heterocycles. The van der Waals surface area contributed by atoms with Crippen molar-refractivity contribution in [2.45, 2.75) is 31.8 Å². The van der Waals surface area contributed by atoms with Crippen molar-refractivity contribution in [2.24, 2.45) is 0 Å². The maximum absolute atomic E-state index is 11.3. The van der Waals surface area contributed by atoms with E-state index in [4.69, 9.17) is 19.5 Å². The first kappa shape index (κ1) is 13.1. The monoisotopic (exact) mass is 232 g/mol. The summed E-state index contributed by atoms with van der Waals surface area (Å²) < 4.78 is 15.1. The highest BCUT2D eigenvalue weighted by molar-refractivity contribution is 5.71. The van der Waals surface area contributed by atoms with Gasteiger partial charge in [-0.25, -0.2) is 5.26 Å². The summed E-state index contributed by atoms with van der Waals surface area (Å²) in [4.78, 5) is 15.5. The smallest absolute Gasteiger partial charge is 0.311 e. The van der Waals surface area contributed by atoms with Crippen LogP contribution in [-0.4, -0.2) is 36.5 Å². The number of hydrogen-bond acceptors (Lipinski definition) is 6. The summed E-state index contributed by atoms with van der Waals surface area (Å²) in [5.41, 5.74) is 0. The quantitative estimate of drug-likeness (QED) is 0.331. The van der Waals surface area contributed by atoms with Gasteiger partial charge in [-0.1, -0.05) is 0 Å². The minimum atomic E-state index is -1.53. The van der Waals surface area contributed by atoms with Crippen LogP contribution >= 0.6 is 0 Å². The zero-order valence-electron chi connectivity index (χ0n) is 9.56.